The van der Waals surface area contributed by atoms with Gasteiger partial charge in [0.25, 0.3) is 11.8 Å². The Kier molecular flexibility index (Phi) is 14.5. The minimum atomic E-state index is -1.04. The Balaban J connectivity index is 0.00000641. The first kappa shape index (κ1) is 44.0. The highest BCUT2D eigenvalue weighted by Crippen LogP contribution is 2.41. The van der Waals surface area contributed by atoms with E-state index in [1.165, 1.54) is 16.7 Å². The van der Waals surface area contributed by atoms with E-state index in [1.54, 1.807) is 65.3 Å². The van der Waals surface area contributed by atoms with Crippen LogP contribution in [0, 0.1) is 0 Å². The zero-order valence-electron chi connectivity index (χ0n) is 32.8. The van der Waals surface area contributed by atoms with Crippen LogP contribution in [0.4, 0.5) is 9.93 Å². The molecular formula is C37H45BrN10O8S2. The van der Waals surface area contributed by atoms with Crippen LogP contribution in [0.15, 0.2) is 65.3 Å². The van der Waals surface area contributed by atoms with E-state index < -0.39 is 40.9 Å². The number of hydrogen-bond acceptors (Lipinski definition) is 15. The molecule has 58 heavy (non-hydrogen) atoms. The predicted molar refractivity (Wildman–Crippen MR) is 211 cm³/mol. The molecule has 2 unspecified atom stereocenters. The lowest BCUT2D eigenvalue weighted by Gasteiger charge is -2.49. The minimum Gasteiger partial charge on any atom is -1.00 e. The number of halogens is 1. The Labute approximate surface area is 353 Å². The van der Waals surface area contributed by atoms with Crippen molar-refractivity contribution in [2.24, 2.45) is 10.9 Å². The van der Waals surface area contributed by atoms with E-state index >= 15 is 0 Å². The fourth-order valence-corrected chi connectivity index (χ4v) is 7.88. The number of β-lactam (4-membered cyclic amide) rings is 1. The molecule has 3 atom stereocenters. The number of imidazole rings is 1. The molecule has 3 aromatic heterocycles. The maximum atomic E-state index is 14.0. The highest BCUT2D eigenvalue weighted by molar-refractivity contribution is 8.00. The third-order valence-electron chi connectivity index (χ3n) is 8.75. The number of aromatic nitrogens is 5. The molecule has 1 aromatic carbocycles. The summed E-state index contributed by atoms with van der Waals surface area (Å²) in [4.78, 5) is 69.5. The second-order valence-corrected chi connectivity index (χ2v) is 15.9. The van der Waals surface area contributed by atoms with E-state index in [-0.39, 0.29) is 65.1 Å². The molecule has 4 aromatic rings. The van der Waals surface area contributed by atoms with Crippen LogP contribution in [0.3, 0.4) is 0 Å². The number of methoxy groups -OCH3 is 1. The molecule has 21 heteroatoms. The summed E-state index contributed by atoms with van der Waals surface area (Å²) in [5.41, 5.74) is 8.29. The Bertz CT molecular complexity index is 2200. The van der Waals surface area contributed by atoms with Gasteiger partial charge in [0.1, 0.15) is 47.9 Å². The molecule has 310 valence electrons. The van der Waals surface area contributed by atoms with Gasteiger partial charge in [0.05, 0.1) is 20.2 Å². The summed E-state index contributed by atoms with van der Waals surface area (Å²) in [5, 5.41) is 8.55. The number of ether oxygens (including phenoxy) is 3. The third-order valence-corrected chi connectivity index (χ3v) is 10.7. The predicted octanol–water partition coefficient (Wildman–Crippen LogP) is 0.110. The first-order chi connectivity index (χ1) is 27.3. The SMILES string of the molecule is CCO/N=C(\C(=O)NC1C(=O)N2C(C(=O)OCc3ccc(OC)cc3)=C(C[n+]3cn(C[C@@H](N)CC)c4cccnc43)CSC12)c1nsc(NC(=O)OC(C)(C)C)n1.[Br-]. The van der Waals surface area contributed by atoms with E-state index in [0.29, 0.717) is 29.3 Å². The number of pyridine rings is 1. The maximum absolute atomic E-state index is 14.0. The monoisotopic (exact) mass is 900 g/mol. The first-order valence-electron chi connectivity index (χ1n) is 18.2. The van der Waals surface area contributed by atoms with Gasteiger partial charge >= 0.3 is 17.7 Å². The number of thioether (sulfide) groups is 1. The number of amides is 3. The van der Waals surface area contributed by atoms with Crippen LogP contribution >= 0.6 is 23.3 Å². The van der Waals surface area contributed by atoms with Crippen molar-refractivity contribution in [1.82, 2.24) is 29.1 Å². The van der Waals surface area contributed by atoms with E-state index in [0.717, 1.165) is 29.0 Å². The van der Waals surface area contributed by atoms with Gasteiger partial charge in [-0.15, -0.1) is 16.7 Å². The number of oxime groups is 1. The van der Waals surface area contributed by atoms with Crippen LogP contribution in [0.5, 0.6) is 5.75 Å². The van der Waals surface area contributed by atoms with Crippen LogP contribution < -0.4 is 42.7 Å². The molecule has 18 nitrogen and oxygen atoms in total. The molecule has 2 aliphatic heterocycles. The summed E-state index contributed by atoms with van der Waals surface area (Å²) in [6.45, 7) is 9.74. The number of esters is 1. The summed E-state index contributed by atoms with van der Waals surface area (Å²) >= 11 is 2.20. The van der Waals surface area contributed by atoms with E-state index in [4.69, 9.17) is 24.8 Å². The molecule has 1 saturated heterocycles. The zero-order valence-corrected chi connectivity index (χ0v) is 36.0. The van der Waals surface area contributed by atoms with Gasteiger partial charge in [-0.25, -0.2) is 14.2 Å². The number of carbonyl (C=O) groups excluding carboxylic acids is 4. The highest BCUT2D eigenvalue weighted by Gasteiger charge is 2.55. The number of fused-ring (bicyclic) bond motifs is 2. The van der Waals surface area contributed by atoms with Crippen LogP contribution in [0.25, 0.3) is 11.2 Å². The number of nitrogens with two attached hydrogens (primary N) is 1. The fraction of sp³-hybridized carbons (Fsp3) is 0.432. The number of nitrogens with one attached hydrogen (secondary N) is 2. The Morgan fingerprint density at radius 1 is 1.16 bits per heavy atom. The van der Waals surface area contributed by atoms with E-state index in [9.17, 15) is 19.2 Å². The largest absolute Gasteiger partial charge is 1.00 e. The smallest absolute Gasteiger partial charge is 0.414 e. The fourth-order valence-electron chi connectivity index (χ4n) is 5.98. The molecule has 0 bridgehead atoms. The summed E-state index contributed by atoms with van der Waals surface area (Å²) in [5.74, 6) is -1.15. The van der Waals surface area contributed by atoms with Crippen molar-refractivity contribution in [2.75, 3.05) is 24.8 Å². The van der Waals surface area contributed by atoms with E-state index in [1.807, 2.05) is 34.5 Å². The molecule has 1 fully saturated rings. The van der Waals surface area contributed by atoms with Crippen molar-refractivity contribution in [3.63, 3.8) is 0 Å². The van der Waals surface area contributed by atoms with Gasteiger partial charge in [0.2, 0.25) is 16.7 Å². The average Bonchev–Trinajstić information content (AvgIpc) is 3.79. The minimum absolute atomic E-state index is 0. The summed E-state index contributed by atoms with van der Waals surface area (Å²) < 4.78 is 24.5. The van der Waals surface area contributed by atoms with Crippen molar-refractivity contribution in [2.45, 2.75) is 83.8 Å². The summed E-state index contributed by atoms with van der Waals surface area (Å²) in [6.07, 6.45) is 3.65. The van der Waals surface area contributed by atoms with Crippen molar-refractivity contribution >= 4 is 69.2 Å². The van der Waals surface area contributed by atoms with Crippen molar-refractivity contribution in [3.05, 3.63) is 71.6 Å². The standard InChI is InChI=1S/C37H44N10O8S2.BrH/c1-7-23(38)17-45-20-46(30-25(45)10-9-15-39-30)16-22-19-56-33-27(32(49)47(33)28(22)34(50)53-18-21-11-13-24(52-6)14-12-21)40-31(48)26(43-54-8-2)29-41-35(57-44-29)42-36(51)55-37(3,4)5;/h9-15,20,23,27,33H,7-8,16-19,38H2,1-6H3,(H-,40,41,42,44,48,51);1H/b43-26-;/t23-,27?,33?;/m0./s1. The van der Waals surface area contributed by atoms with Crippen LogP contribution in [-0.2, 0) is 48.4 Å². The van der Waals surface area contributed by atoms with Gasteiger partial charge < -0.3 is 47.1 Å². The quantitative estimate of drug-likeness (QED) is 0.0476. The van der Waals surface area contributed by atoms with Crippen LogP contribution in [-0.4, -0.2) is 95.9 Å². The van der Waals surface area contributed by atoms with Gasteiger partial charge in [-0.1, -0.05) is 24.2 Å². The second kappa shape index (κ2) is 19.1. The molecule has 5 heterocycles. The maximum Gasteiger partial charge on any atom is 0.414 e. The van der Waals surface area contributed by atoms with Crippen LogP contribution in [0.2, 0.25) is 0 Å². The Morgan fingerprint density at radius 2 is 1.91 bits per heavy atom. The van der Waals surface area contributed by atoms with Crippen molar-refractivity contribution in [1.29, 1.82) is 0 Å². The Morgan fingerprint density at radius 3 is 2.60 bits per heavy atom. The van der Waals surface area contributed by atoms with E-state index in [2.05, 4.69) is 30.1 Å². The van der Waals surface area contributed by atoms with Gasteiger partial charge in [0.15, 0.2) is 11.8 Å². The molecule has 4 N–H and O–H groups in total. The molecule has 0 saturated carbocycles. The van der Waals surface area contributed by atoms with Crippen LogP contribution in [0.1, 0.15) is 52.4 Å². The van der Waals surface area contributed by atoms with Gasteiger partial charge in [-0.3, -0.25) is 24.4 Å². The third kappa shape index (κ3) is 10.1. The molecule has 6 rings (SSSR count). The highest BCUT2D eigenvalue weighted by atomic mass is 79.9. The summed E-state index contributed by atoms with van der Waals surface area (Å²) in [6, 6.07) is 9.80. The number of benzene rings is 1. The zero-order chi connectivity index (χ0) is 40.9. The molecule has 3 amide bonds. The number of rotatable bonds is 15. The summed E-state index contributed by atoms with van der Waals surface area (Å²) in [7, 11) is 1.56. The normalized spacial score (nSPS) is 17.1. The molecular weight excluding hydrogens is 857 g/mol. The van der Waals surface area contributed by atoms with Gasteiger partial charge in [-0.05, 0) is 63.9 Å². The Hall–Kier alpha value is -5.12. The number of nitrogens with zero attached hydrogens (tertiary/aromatic N) is 7. The molecule has 0 spiro atoms. The average molecular weight is 902 g/mol. The lowest BCUT2D eigenvalue weighted by molar-refractivity contribution is -0.665. The topological polar surface area (TPSA) is 218 Å². The second-order valence-electron chi connectivity index (χ2n) is 14.1. The lowest BCUT2D eigenvalue weighted by atomic mass is 10.0. The van der Waals surface area contributed by atoms with Gasteiger partial charge in [-0.2, -0.15) is 9.36 Å². The number of carbonyl (C=O) groups is 4. The first-order valence-corrected chi connectivity index (χ1v) is 20.0. The molecule has 0 aliphatic carbocycles. The van der Waals surface area contributed by atoms with Gasteiger partial charge in [0, 0.05) is 28.9 Å². The molecule has 0 radical (unpaired) electrons. The van der Waals surface area contributed by atoms with Crippen molar-refractivity contribution < 1.29 is 59.8 Å². The number of hydrogen-bond donors (Lipinski definition) is 3. The molecule has 2 aliphatic rings. The van der Waals surface area contributed by atoms with Crippen molar-refractivity contribution in [3.8, 4) is 5.75 Å². The lowest BCUT2D eigenvalue weighted by Crippen LogP contribution is -3.00. The number of anilines is 1.